The van der Waals surface area contributed by atoms with Crippen molar-refractivity contribution in [3.63, 3.8) is 0 Å². The Morgan fingerprint density at radius 2 is 1.96 bits per heavy atom. The number of phenols is 1. The maximum atomic E-state index is 12.2. The minimum atomic E-state index is -0.440. The number of aromatic hydroxyl groups is 1. The molecule has 122 valence electrons. The van der Waals surface area contributed by atoms with Crippen molar-refractivity contribution in [1.82, 2.24) is 5.43 Å². The Morgan fingerprint density at radius 3 is 2.71 bits per heavy atom. The number of nitrogens with zero attached hydrogens (tertiary/aromatic N) is 1. The van der Waals surface area contributed by atoms with E-state index in [4.69, 9.17) is 34.8 Å². The molecule has 0 saturated heterocycles. The summed E-state index contributed by atoms with van der Waals surface area (Å²) < 4.78 is 0.913. The minimum absolute atomic E-state index is 0.0998. The van der Waals surface area contributed by atoms with Crippen molar-refractivity contribution in [2.24, 2.45) is 5.10 Å². The fraction of sp³-hybridized carbons (Fsp3) is 0. The Kier molecular flexibility index (Phi) is 4.96. The average molecular weight is 400 g/mol. The molecule has 1 heterocycles. The number of carbonyl (C=O) groups excluding carboxylic acids is 1. The topological polar surface area (TPSA) is 61.7 Å². The number of fused-ring (bicyclic) bond motifs is 1. The standard InChI is InChI=1S/C16H9Cl3N2O2S/c17-9-5-8(14(22)11(18)6-9)7-20-21-16(23)15-13(19)10-3-1-2-4-12(10)24-15/h1-7,22H,(H,21,23). The number of hydrazone groups is 1. The molecule has 24 heavy (non-hydrogen) atoms. The Labute approximate surface area is 156 Å². The lowest BCUT2D eigenvalue weighted by molar-refractivity contribution is 0.0959. The van der Waals surface area contributed by atoms with Crippen molar-refractivity contribution in [2.75, 3.05) is 0 Å². The molecule has 0 spiro atoms. The highest BCUT2D eigenvalue weighted by molar-refractivity contribution is 7.21. The van der Waals surface area contributed by atoms with Crippen molar-refractivity contribution in [1.29, 1.82) is 0 Å². The van der Waals surface area contributed by atoms with Crippen molar-refractivity contribution in [2.45, 2.75) is 0 Å². The molecule has 2 N–H and O–H groups in total. The number of benzene rings is 2. The molecule has 3 rings (SSSR count). The van der Waals surface area contributed by atoms with E-state index < -0.39 is 5.91 Å². The first-order valence-corrected chi connectivity index (χ1v) is 8.61. The van der Waals surface area contributed by atoms with Crippen molar-refractivity contribution in [3.05, 3.63) is 61.9 Å². The maximum absolute atomic E-state index is 12.2. The average Bonchev–Trinajstić information content (AvgIpc) is 2.89. The second-order valence-corrected chi connectivity index (χ2v) is 7.04. The third kappa shape index (κ3) is 3.35. The number of halogens is 3. The zero-order valence-corrected chi connectivity index (χ0v) is 15.0. The lowest BCUT2D eigenvalue weighted by Crippen LogP contribution is -2.16. The number of carbonyl (C=O) groups is 1. The molecule has 0 saturated carbocycles. The van der Waals surface area contributed by atoms with E-state index in [1.807, 2.05) is 24.3 Å². The van der Waals surface area contributed by atoms with Gasteiger partial charge in [0, 0.05) is 20.7 Å². The SMILES string of the molecule is O=C(NN=Cc1cc(Cl)cc(Cl)c1O)c1sc2ccccc2c1Cl. The Morgan fingerprint density at radius 1 is 1.21 bits per heavy atom. The van der Waals surface area contributed by atoms with E-state index in [2.05, 4.69) is 10.5 Å². The predicted molar refractivity (Wildman–Crippen MR) is 100 cm³/mol. The van der Waals surface area contributed by atoms with Crippen LogP contribution in [0.3, 0.4) is 0 Å². The normalized spacial score (nSPS) is 11.3. The second-order valence-electron chi connectivity index (χ2n) is 4.77. The van der Waals surface area contributed by atoms with Crippen LogP contribution in [0, 0.1) is 0 Å². The molecule has 4 nitrogen and oxygen atoms in total. The minimum Gasteiger partial charge on any atom is -0.506 e. The zero-order valence-electron chi connectivity index (χ0n) is 11.9. The van der Waals surface area contributed by atoms with Crippen LogP contribution in [-0.4, -0.2) is 17.2 Å². The summed E-state index contributed by atoms with van der Waals surface area (Å²) in [5.74, 6) is -0.607. The van der Waals surface area contributed by atoms with Gasteiger partial charge >= 0.3 is 0 Å². The molecule has 0 atom stereocenters. The van der Waals surface area contributed by atoms with Gasteiger partial charge in [-0.05, 0) is 18.2 Å². The van der Waals surface area contributed by atoms with Gasteiger partial charge in [-0.25, -0.2) is 5.43 Å². The van der Waals surface area contributed by atoms with Crippen molar-refractivity contribution >= 4 is 68.3 Å². The van der Waals surface area contributed by atoms with Crippen LogP contribution in [0.15, 0.2) is 41.5 Å². The van der Waals surface area contributed by atoms with Gasteiger partial charge < -0.3 is 5.11 Å². The highest BCUT2D eigenvalue weighted by Gasteiger charge is 2.16. The summed E-state index contributed by atoms with van der Waals surface area (Å²) in [6, 6.07) is 10.3. The summed E-state index contributed by atoms with van der Waals surface area (Å²) in [6.45, 7) is 0. The number of nitrogens with one attached hydrogen (secondary N) is 1. The smallest absolute Gasteiger partial charge is 0.283 e. The number of phenolic OH excluding ortho intramolecular Hbond substituents is 1. The van der Waals surface area contributed by atoms with E-state index in [0.717, 1.165) is 10.1 Å². The predicted octanol–water partition coefficient (Wildman–Crippen LogP) is 5.33. The van der Waals surface area contributed by atoms with E-state index in [9.17, 15) is 9.90 Å². The molecular weight excluding hydrogens is 391 g/mol. The van der Waals surface area contributed by atoms with E-state index >= 15 is 0 Å². The molecule has 0 fully saturated rings. The highest BCUT2D eigenvalue weighted by Crippen LogP contribution is 2.35. The zero-order chi connectivity index (χ0) is 17.3. The molecule has 0 aliphatic rings. The monoisotopic (exact) mass is 398 g/mol. The van der Waals surface area contributed by atoms with Gasteiger partial charge in [-0.3, -0.25) is 4.79 Å². The van der Waals surface area contributed by atoms with Gasteiger partial charge in [0.15, 0.2) is 0 Å². The Hall–Kier alpha value is -1.79. The number of hydrogen-bond acceptors (Lipinski definition) is 4. The van der Waals surface area contributed by atoms with Gasteiger partial charge in [0.1, 0.15) is 10.6 Å². The van der Waals surface area contributed by atoms with Crippen LogP contribution in [-0.2, 0) is 0 Å². The lowest BCUT2D eigenvalue weighted by Gasteiger charge is -2.02. The van der Waals surface area contributed by atoms with Crippen LogP contribution in [0.4, 0.5) is 0 Å². The number of thiophene rings is 1. The summed E-state index contributed by atoms with van der Waals surface area (Å²) in [6.07, 6.45) is 1.26. The second kappa shape index (κ2) is 6.99. The van der Waals surface area contributed by atoms with Gasteiger partial charge in [-0.2, -0.15) is 5.10 Å². The Bertz CT molecular complexity index is 969. The third-order valence-electron chi connectivity index (χ3n) is 3.17. The number of amides is 1. The lowest BCUT2D eigenvalue weighted by atomic mass is 10.2. The molecule has 0 unspecified atom stereocenters. The highest BCUT2D eigenvalue weighted by atomic mass is 35.5. The van der Waals surface area contributed by atoms with Gasteiger partial charge in [0.05, 0.1) is 16.3 Å². The quantitative estimate of drug-likeness (QED) is 0.462. The molecule has 0 aliphatic carbocycles. The summed E-state index contributed by atoms with van der Waals surface area (Å²) in [5.41, 5.74) is 2.66. The third-order valence-corrected chi connectivity index (χ3v) is 5.35. The molecule has 1 aromatic heterocycles. The van der Waals surface area contributed by atoms with Crippen molar-refractivity contribution < 1.29 is 9.90 Å². The fourth-order valence-corrected chi connectivity index (χ4v) is 3.97. The van der Waals surface area contributed by atoms with E-state index in [0.29, 0.717) is 14.9 Å². The number of rotatable bonds is 3. The molecule has 0 aliphatic heterocycles. The van der Waals surface area contributed by atoms with Gasteiger partial charge in [0.25, 0.3) is 5.91 Å². The summed E-state index contributed by atoms with van der Waals surface area (Å²) in [7, 11) is 0. The molecule has 2 aromatic carbocycles. The summed E-state index contributed by atoms with van der Waals surface area (Å²) in [4.78, 5) is 12.6. The van der Waals surface area contributed by atoms with Crippen LogP contribution >= 0.6 is 46.1 Å². The van der Waals surface area contributed by atoms with Gasteiger partial charge in [0.2, 0.25) is 0 Å². The van der Waals surface area contributed by atoms with Gasteiger partial charge in [-0.15, -0.1) is 11.3 Å². The van der Waals surface area contributed by atoms with Gasteiger partial charge in [-0.1, -0.05) is 53.0 Å². The molecule has 8 heteroatoms. The van der Waals surface area contributed by atoms with Crippen LogP contribution in [0.1, 0.15) is 15.2 Å². The van der Waals surface area contributed by atoms with Crippen LogP contribution in [0.5, 0.6) is 5.75 Å². The molecule has 1 amide bonds. The number of hydrogen-bond donors (Lipinski definition) is 2. The Balaban J connectivity index is 1.81. The molecule has 3 aromatic rings. The van der Waals surface area contributed by atoms with E-state index in [-0.39, 0.29) is 16.3 Å². The first kappa shape index (κ1) is 17.0. The summed E-state index contributed by atoms with van der Waals surface area (Å²) in [5, 5.41) is 15.3. The first-order chi connectivity index (χ1) is 11.5. The van der Waals surface area contributed by atoms with Crippen LogP contribution in [0.2, 0.25) is 15.1 Å². The van der Waals surface area contributed by atoms with Crippen molar-refractivity contribution in [3.8, 4) is 5.75 Å². The van der Waals surface area contributed by atoms with Crippen LogP contribution in [0.25, 0.3) is 10.1 Å². The fourth-order valence-electron chi connectivity index (χ4n) is 2.06. The maximum Gasteiger partial charge on any atom is 0.283 e. The van der Waals surface area contributed by atoms with E-state index in [1.54, 1.807) is 0 Å². The largest absolute Gasteiger partial charge is 0.506 e. The molecule has 0 bridgehead atoms. The van der Waals surface area contributed by atoms with E-state index in [1.165, 1.54) is 29.7 Å². The first-order valence-electron chi connectivity index (χ1n) is 6.66. The molecule has 0 radical (unpaired) electrons. The van der Waals surface area contributed by atoms with Crippen LogP contribution < -0.4 is 5.43 Å². The molecular formula is C16H9Cl3N2O2S. The summed E-state index contributed by atoms with van der Waals surface area (Å²) >= 11 is 19.2.